The normalized spacial score (nSPS) is 12.1. The standard InChI is InChI=1S/C20H18O2S2/c1-16-12-14-19(15-13-16)24(21,22)20(23,17-8-4-2-5-9-17)18-10-6-3-7-11-18/h2-15,23H,1H3/p+1. The fourth-order valence-electron chi connectivity index (χ4n) is 2.72. The van der Waals surface area contributed by atoms with Gasteiger partial charge in [0, 0.05) is 11.1 Å². The third-order valence-corrected chi connectivity index (χ3v) is 7.65. The molecule has 0 aliphatic rings. The number of hydrogen-bond acceptors (Lipinski definition) is 2. The van der Waals surface area contributed by atoms with Crippen molar-refractivity contribution < 1.29 is 8.42 Å². The smallest absolute Gasteiger partial charge is 0.217 e. The summed E-state index contributed by atoms with van der Waals surface area (Å²) in [6, 6.07) is 25.4. The Morgan fingerprint density at radius 2 is 1.12 bits per heavy atom. The molecule has 0 bridgehead atoms. The zero-order valence-corrected chi connectivity index (χ0v) is 15.1. The summed E-state index contributed by atoms with van der Waals surface area (Å²) in [5.74, 6) is 0. The molecule has 0 saturated carbocycles. The molecule has 0 amide bonds. The van der Waals surface area contributed by atoms with Crippen LogP contribution < -0.4 is 0 Å². The van der Waals surface area contributed by atoms with E-state index in [2.05, 4.69) is 12.6 Å². The first-order valence-corrected chi connectivity index (χ1v) is 9.62. The van der Waals surface area contributed by atoms with Gasteiger partial charge in [-0.3, -0.25) is 0 Å². The van der Waals surface area contributed by atoms with E-state index in [1.165, 1.54) is 0 Å². The van der Waals surface area contributed by atoms with Crippen molar-refractivity contribution in [2.24, 2.45) is 0 Å². The molecule has 3 aromatic carbocycles. The Hall–Kier alpha value is -2.04. The molecule has 0 aliphatic heterocycles. The quantitative estimate of drug-likeness (QED) is 0.669. The van der Waals surface area contributed by atoms with Crippen LogP contribution in [0.2, 0.25) is 0 Å². The van der Waals surface area contributed by atoms with Crippen molar-refractivity contribution in [3.63, 3.8) is 0 Å². The van der Waals surface area contributed by atoms with Crippen LogP contribution >= 0.6 is 0 Å². The molecule has 2 nitrogen and oxygen atoms in total. The Morgan fingerprint density at radius 1 is 0.708 bits per heavy atom. The lowest BCUT2D eigenvalue weighted by Crippen LogP contribution is -2.35. The Balaban J connectivity index is 2.28. The zero-order chi connectivity index (χ0) is 17.2. The van der Waals surface area contributed by atoms with Gasteiger partial charge in [-0.25, -0.2) is 8.42 Å². The lowest BCUT2D eigenvalue weighted by Gasteiger charge is -2.24. The molecule has 122 valence electrons. The molecule has 0 heterocycles. The minimum atomic E-state index is -3.71. The number of benzene rings is 3. The van der Waals surface area contributed by atoms with Crippen LogP contribution in [0.25, 0.3) is 0 Å². The van der Waals surface area contributed by atoms with Crippen LogP contribution in [0.5, 0.6) is 0 Å². The summed E-state index contributed by atoms with van der Waals surface area (Å²) in [5.41, 5.74) is 2.37. The summed E-state index contributed by atoms with van der Waals surface area (Å²) < 4.78 is 25.7. The molecule has 3 aromatic rings. The minimum absolute atomic E-state index is 0.288. The van der Waals surface area contributed by atoms with Gasteiger partial charge in [0.2, 0.25) is 9.84 Å². The highest BCUT2D eigenvalue weighted by Crippen LogP contribution is 2.40. The van der Waals surface area contributed by atoms with Crippen LogP contribution in [0.15, 0.2) is 89.8 Å². The zero-order valence-electron chi connectivity index (χ0n) is 13.3. The van der Waals surface area contributed by atoms with Crippen molar-refractivity contribution in [2.75, 3.05) is 0 Å². The van der Waals surface area contributed by atoms with Crippen LogP contribution in [0.3, 0.4) is 0 Å². The second kappa shape index (κ2) is 6.46. The van der Waals surface area contributed by atoms with Gasteiger partial charge in [-0.05, 0) is 31.7 Å². The second-order valence-electron chi connectivity index (χ2n) is 5.73. The van der Waals surface area contributed by atoms with Gasteiger partial charge in [0.05, 0.1) is 4.90 Å². The maximum Gasteiger partial charge on any atom is 0.276 e. The van der Waals surface area contributed by atoms with E-state index in [0.717, 1.165) is 5.56 Å². The maximum absolute atomic E-state index is 13.5. The highest BCUT2D eigenvalue weighted by Gasteiger charge is 2.50. The second-order valence-corrected chi connectivity index (χ2v) is 8.93. The molecule has 0 aliphatic carbocycles. The van der Waals surface area contributed by atoms with E-state index in [1.807, 2.05) is 79.7 Å². The summed E-state index contributed by atoms with van der Waals surface area (Å²) >= 11 is 3.66. The molecule has 0 N–H and O–H groups in total. The first-order chi connectivity index (χ1) is 11.5. The van der Waals surface area contributed by atoms with Crippen LogP contribution in [0.1, 0.15) is 16.7 Å². The number of rotatable bonds is 4. The van der Waals surface area contributed by atoms with E-state index >= 15 is 0 Å². The largest absolute Gasteiger partial charge is 0.276 e. The molecule has 0 radical (unpaired) electrons. The lowest BCUT2D eigenvalue weighted by atomic mass is 10.0. The Labute approximate surface area is 148 Å². The van der Waals surface area contributed by atoms with Gasteiger partial charge < -0.3 is 0 Å². The van der Waals surface area contributed by atoms with E-state index in [9.17, 15) is 8.42 Å². The Kier molecular flexibility index (Phi) is 4.52. The van der Waals surface area contributed by atoms with Crippen LogP contribution in [-0.2, 0) is 26.5 Å². The summed E-state index contributed by atoms with van der Waals surface area (Å²) in [7, 11) is -3.71. The van der Waals surface area contributed by atoms with Crippen molar-refractivity contribution in [1.82, 2.24) is 0 Å². The highest BCUT2D eigenvalue weighted by atomic mass is 32.2. The van der Waals surface area contributed by atoms with E-state index in [-0.39, 0.29) is 4.90 Å². The molecule has 0 unspecified atom stereocenters. The van der Waals surface area contributed by atoms with Gasteiger partial charge in [-0.1, -0.05) is 78.4 Å². The third kappa shape index (κ3) is 2.76. The average molecular weight is 356 g/mol. The first-order valence-electron chi connectivity index (χ1n) is 7.63. The highest BCUT2D eigenvalue weighted by molar-refractivity contribution is 8.00. The van der Waals surface area contributed by atoms with Crippen LogP contribution in [0.4, 0.5) is 0 Å². The van der Waals surface area contributed by atoms with E-state index in [1.54, 1.807) is 12.1 Å². The van der Waals surface area contributed by atoms with E-state index in [4.69, 9.17) is 0 Å². The molecule has 0 fully saturated rings. The molecule has 0 atom stereocenters. The monoisotopic (exact) mass is 355 g/mol. The number of sulfone groups is 1. The SMILES string of the molecule is Cc1ccc(S(=O)(=O)C([SH2+])(c2ccccc2)c2ccccc2)cc1. The lowest BCUT2D eigenvalue weighted by molar-refractivity contribution is 0.584. The van der Waals surface area contributed by atoms with Gasteiger partial charge in [0.15, 0.2) is 0 Å². The summed E-state index contributed by atoms with van der Waals surface area (Å²) in [6.45, 7) is 1.94. The molecule has 24 heavy (non-hydrogen) atoms. The van der Waals surface area contributed by atoms with Crippen LogP contribution in [-0.4, -0.2) is 8.42 Å². The van der Waals surface area contributed by atoms with Gasteiger partial charge in [-0.2, -0.15) is 0 Å². The molecule has 0 spiro atoms. The fourth-order valence-corrected chi connectivity index (χ4v) is 5.14. The molecule has 3 rings (SSSR count). The fraction of sp³-hybridized carbons (Fsp3) is 0.100. The van der Waals surface area contributed by atoms with Crippen molar-refractivity contribution in [1.29, 1.82) is 0 Å². The summed E-state index contributed by atoms with van der Waals surface area (Å²) in [4.78, 5) is 0.288. The Morgan fingerprint density at radius 3 is 1.54 bits per heavy atom. The number of hydrogen-bond donors (Lipinski definition) is 0. The molecular weight excluding hydrogens is 336 g/mol. The van der Waals surface area contributed by atoms with Gasteiger partial charge in [0.1, 0.15) is 0 Å². The van der Waals surface area contributed by atoms with Crippen LogP contribution in [0, 0.1) is 6.92 Å². The minimum Gasteiger partial charge on any atom is -0.217 e. The molecule has 0 aromatic heterocycles. The first kappa shape index (κ1) is 16.8. The van der Waals surface area contributed by atoms with Gasteiger partial charge >= 0.3 is 0 Å². The summed E-state index contributed by atoms with van der Waals surface area (Å²) in [5, 5.41) is 0. The van der Waals surface area contributed by atoms with Crippen molar-refractivity contribution in [3.8, 4) is 0 Å². The third-order valence-electron chi connectivity index (χ3n) is 4.10. The van der Waals surface area contributed by atoms with Gasteiger partial charge in [0.25, 0.3) is 4.08 Å². The molecule has 0 saturated heterocycles. The molecular formula is C20H19O2S2+. The number of aryl methyl sites for hydroxylation is 1. The maximum atomic E-state index is 13.5. The summed E-state index contributed by atoms with van der Waals surface area (Å²) in [6.07, 6.45) is 0. The van der Waals surface area contributed by atoms with E-state index in [0.29, 0.717) is 11.1 Å². The van der Waals surface area contributed by atoms with Crippen molar-refractivity contribution >= 4 is 22.5 Å². The predicted molar refractivity (Wildman–Crippen MR) is 102 cm³/mol. The van der Waals surface area contributed by atoms with Crippen molar-refractivity contribution in [3.05, 3.63) is 102 Å². The average Bonchev–Trinajstić information content (AvgIpc) is 2.62. The predicted octanol–water partition coefficient (Wildman–Crippen LogP) is 3.68. The van der Waals surface area contributed by atoms with Crippen molar-refractivity contribution in [2.45, 2.75) is 15.9 Å². The topological polar surface area (TPSA) is 34.1 Å². The van der Waals surface area contributed by atoms with Gasteiger partial charge in [-0.15, -0.1) is 0 Å². The molecule has 4 heteroatoms. The van der Waals surface area contributed by atoms with E-state index < -0.39 is 13.9 Å². The Bertz CT molecular complexity index is 877.